The van der Waals surface area contributed by atoms with Crippen LogP contribution in [0.25, 0.3) is 0 Å². The number of rotatable bonds is 0. The van der Waals surface area contributed by atoms with E-state index >= 15 is 0 Å². The second-order valence-corrected chi connectivity index (χ2v) is 8.42. The molecule has 1 unspecified atom stereocenters. The van der Waals surface area contributed by atoms with Gasteiger partial charge in [0.1, 0.15) is 0 Å². The molecule has 0 bridgehead atoms. The molecule has 0 saturated carbocycles. The van der Waals surface area contributed by atoms with Crippen molar-refractivity contribution in [3.8, 4) is 0 Å². The van der Waals surface area contributed by atoms with E-state index in [1.807, 2.05) is 0 Å². The Morgan fingerprint density at radius 1 is 1.33 bits per heavy atom. The van der Waals surface area contributed by atoms with Crippen molar-refractivity contribution in [2.24, 2.45) is 0 Å². The topological polar surface area (TPSA) is 0 Å². The van der Waals surface area contributed by atoms with Gasteiger partial charge >= 0.3 is 56.8 Å². The van der Waals surface area contributed by atoms with Crippen LogP contribution >= 0.6 is 23.3 Å². The van der Waals surface area contributed by atoms with E-state index in [2.05, 4.69) is 5.80 Å². The van der Waals surface area contributed by atoms with Gasteiger partial charge in [-0.1, -0.05) is 0 Å². The molecule has 0 aliphatic rings. The molecule has 0 aromatic carbocycles. The van der Waals surface area contributed by atoms with E-state index in [0.29, 0.717) is 0 Å². The summed E-state index contributed by atoms with van der Waals surface area (Å²) in [6.45, 7) is 0. The first kappa shape index (κ1) is 17.5. The molecule has 0 fully saturated rings. The van der Waals surface area contributed by atoms with E-state index in [4.69, 9.17) is 0 Å². The average molecular weight is 317 g/mol. The van der Waals surface area contributed by atoms with Gasteiger partial charge in [0.05, 0.1) is 0 Å². The van der Waals surface area contributed by atoms with Crippen molar-refractivity contribution in [1.29, 1.82) is 0 Å². The Hall–Kier alpha value is 2.39. The van der Waals surface area contributed by atoms with Gasteiger partial charge in [0.15, 0.2) is 0 Å². The van der Waals surface area contributed by atoms with Crippen molar-refractivity contribution >= 4 is 26.3 Å². The van der Waals surface area contributed by atoms with E-state index in [1.165, 1.54) is 0 Å². The van der Waals surface area contributed by atoms with E-state index in [-0.39, 0.29) is 37.2 Å². The van der Waals surface area contributed by atoms with Crippen molar-refractivity contribution in [1.82, 2.24) is 0 Å². The summed E-state index contributed by atoms with van der Waals surface area (Å²) in [4.78, 5) is 0. The monoisotopic (exact) mass is 314 g/mol. The molecule has 7 heteroatoms. The molecule has 0 aliphatic heterocycles. The Morgan fingerprint density at radius 3 is 2.00 bits per heavy atom. The fourth-order valence-corrected chi connectivity index (χ4v) is 9.61. The third-order valence-corrected chi connectivity index (χ3v) is 8.53. The van der Waals surface area contributed by atoms with Crippen LogP contribution in [0.3, 0.4) is 0 Å². The van der Waals surface area contributed by atoms with Crippen LogP contribution in [0.4, 0.5) is 0 Å². The maximum absolute atomic E-state index is 2.36. The van der Waals surface area contributed by atoms with Gasteiger partial charge in [-0.3, -0.25) is 0 Å². The molecule has 1 atom stereocenters. The second kappa shape index (κ2) is 10.4. The molecule has 0 amide bonds. The predicted molar refractivity (Wildman–Crippen MR) is 30.6 cm³/mol. The minimum atomic E-state index is 0. The van der Waals surface area contributed by atoms with E-state index < -0.39 is 0 Å². The molecule has 0 spiro atoms. The maximum atomic E-state index is 2.36. The quantitative estimate of drug-likeness (QED) is 0.446. The van der Waals surface area contributed by atoms with Gasteiger partial charge in [0, 0.05) is 0 Å². The van der Waals surface area contributed by atoms with Gasteiger partial charge in [-0.25, -0.2) is 0 Å². The minimum absolute atomic E-state index is 0. The fourth-order valence-electron chi connectivity index (χ4n) is 0.202. The zero-order chi connectivity index (χ0) is 4.41. The first-order valence-electron chi connectivity index (χ1n) is 1.47. The SMILES string of the molecule is [Cl-].[Cl-].[Cl-].[Zr+3][c]1c[pH]pp1. The zero-order valence-electron chi connectivity index (χ0n) is 4.11. The molecule has 1 aromatic heterocycles. The number of halogens is 3. The van der Waals surface area contributed by atoms with Gasteiger partial charge in [-0.05, 0) is 0 Å². The molecule has 0 saturated heterocycles. The summed E-state index contributed by atoms with van der Waals surface area (Å²) in [5.41, 5.74) is 0. The summed E-state index contributed by atoms with van der Waals surface area (Å²) in [6, 6.07) is 0. The molecule has 0 nitrogen and oxygen atoms in total. The Labute approximate surface area is 93.1 Å². The van der Waals surface area contributed by atoms with Gasteiger partial charge in [-0.2, -0.15) is 0 Å². The standard InChI is InChI=1S/C2H2P3.3ClH.Zr/c1-2-4-5-3-1;;;;/h1,3H;3*1H;/q;;;;+3/p-3. The van der Waals surface area contributed by atoms with Crippen LogP contribution in [0.2, 0.25) is 0 Å². The molecule has 9 heavy (non-hydrogen) atoms. The van der Waals surface area contributed by atoms with E-state index in [0.717, 1.165) is 7.87 Å². The van der Waals surface area contributed by atoms with Gasteiger partial charge in [0.2, 0.25) is 0 Å². The van der Waals surface area contributed by atoms with Gasteiger partial charge in [0.25, 0.3) is 0 Å². The summed E-state index contributed by atoms with van der Waals surface area (Å²) in [5.74, 6) is 2.36. The van der Waals surface area contributed by atoms with Gasteiger partial charge in [-0.15, -0.1) is 0 Å². The third kappa shape index (κ3) is 8.30. The Kier molecular flexibility index (Phi) is 20.2. The Morgan fingerprint density at radius 2 is 1.89 bits per heavy atom. The second-order valence-electron chi connectivity index (χ2n) is 0.859. The van der Waals surface area contributed by atoms with Crippen LogP contribution in [0.5, 0.6) is 0 Å². The normalized spacial score (nSPS) is 8.67. The van der Waals surface area contributed by atoms with Gasteiger partial charge < -0.3 is 37.2 Å². The predicted octanol–water partition coefficient (Wildman–Crippen LogP) is -6.94. The summed E-state index contributed by atoms with van der Waals surface area (Å²) < 4.78 is 1.64. The van der Waals surface area contributed by atoms with Crippen molar-refractivity contribution in [2.45, 2.75) is 0 Å². The molecular formula is C2H2Cl3P3Zr. The zero-order valence-corrected chi connectivity index (χ0v) is 11.6. The average Bonchev–Trinajstić information content (AvgIpc) is 1.86. The van der Waals surface area contributed by atoms with Crippen molar-refractivity contribution < 1.29 is 61.9 Å². The van der Waals surface area contributed by atoms with Crippen LogP contribution in [0.1, 0.15) is 0 Å². The molecule has 0 aliphatic carbocycles. The first-order chi connectivity index (χ1) is 2.89. The Balaban J connectivity index is -0.000000120. The molecular weight excluding hydrogens is 315 g/mol. The van der Waals surface area contributed by atoms with Crippen molar-refractivity contribution in [2.75, 3.05) is 0 Å². The summed E-state index contributed by atoms with van der Waals surface area (Å²) in [5, 5.41) is 0. The first-order valence-corrected chi connectivity index (χ1v) is 7.12. The van der Waals surface area contributed by atoms with Crippen LogP contribution in [-0.2, 0) is 24.7 Å². The summed E-state index contributed by atoms with van der Waals surface area (Å²) in [6.07, 6.45) is 0. The van der Waals surface area contributed by atoms with Crippen LogP contribution < -0.4 is 40.2 Å². The molecule has 1 heterocycles. The summed E-state index contributed by atoms with van der Waals surface area (Å²) in [7, 11) is 4.30. The van der Waals surface area contributed by atoms with Crippen molar-refractivity contribution in [3.63, 3.8) is 0 Å². The number of hydrogen-bond acceptors (Lipinski definition) is 0. The van der Waals surface area contributed by atoms with Crippen LogP contribution in [0, 0.1) is 0 Å². The molecule has 50 valence electrons. The fraction of sp³-hybridized carbons (Fsp3) is 0. The number of hydrogen-bond donors (Lipinski definition) is 0. The Bertz CT molecular complexity index is 121. The summed E-state index contributed by atoms with van der Waals surface area (Å²) >= 11 is 1.61. The third-order valence-electron chi connectivity index (χ3n) is 0.417. The van der Waals surface area contributed by atoms with E-state index in [1.54, 1.807) is 43.1 Å². The van der Waals surface area contributed by atoms with E-state index in [9.17, 15) is 0 Å². The molecule has 0 N–H and O–H groups in total. The van der Waals surface area contributed by atoms with Crippen molar-refractivity contribution in [3.05, 3.63) is 5.80 Å². The van der Waals surface area contributed by atoms with Crippen LogP contribution in [-0.4, -0.2) is 0 Å². The van der Waals surface area contributed by atoms with Crippen LogP contribution in [0.15, 0.2) is 5.80 Å². The molecule has 1 aromatic rings. The molecule has 0 radical (unpaired) electrons. The molecule has 1 rings (SSSR count).